The number of benzene rings is 1. The van der Waals surface area contributed by atoms with Crippen molar-refractivity contribution >= 4 is 28.6 Å². The summed E-state index contributed by atoms with van der Waals surface area (Å²) in [4.78, 5) is 23.5. The van der Waals surface area contributed by atoms with Crippen molar-refractivity contribution in [2.45, 2.75) is 32.2 Å². The van der Waals surface area contributed by atoms with Gasteiger partial charge in [-0.05, 0) is 17.5 Å². The molecular formula is C17H20ClN5O2. The fourth-order valence-corrected chi connectivity index (χ4v) is 2.71. The number of unbranched alkanes of at least 4 members (excludes halogenated alkanes) is 1. The highest BCUT2D eigenvalue weighted by Crippen LogP contribution is 2.19. The van der Waals surface area contributed by atoms with Crippen LogP contribution in [-0.2, 0) is 12.4 Å². The lowest BCUT2D eigenvalue weighted by Gasteiger charge is -2.07. The molecule has 0 bridgehead atoms. The summed E-state index contributed by atoms with van der Waals surface area (Å²) in [7, 11) is 0. The predicted octanol–water partition coefficient (Wildman–Crippen LogP) is 2.67. The molecule has 3 N–H and O–H groups in total. The van der Waals surface area contributed by atoms with Crippen LogP contribution in [0.5, 0.6) is 6.01 Å². The third kappa shape index (κ3) is 3.76. The van der Waals surface area contributed by atoms with E-state index >= 15 is 0 Å². The highest BCUT2D eigenvalue weighted by atomic mass is 35.5. The Bertz CT molecular complexity index is 934. The Balaban J connectivity index is 1.98. The number of hydrogen-bond donors (Lipinski definition) is 2. The van der Waals surface area contributed by atoms with E-state index in [0.717, 1.165) is 24.0 Å². The lowest BCUT2D eigenvalue weighted by Crippen LogP contribution is -2.18. The molecular weight excluding hydrogens is 342 g/mol. The Morgan fingerprint density at radius 2 is 2.12 bits per heavy atom. The number of ether oxygens (including phenoxy) is 1. The minimum Gasteiger partial charge on any atom is -0.463 e. The Kier molecular flexibility index (Phi) is 5.23. The van der Waals surface area contributed by atoms with Gasteiger partial charge >= 0.3 is 11.7 Å². The summed E-state index contributed by atoms with van der Waals surface area (Å²) in [5.41, 5.74) is 8.45. The highest BCUT2D eigenvalue weighted by molar-refractivity contribution is 6.17. The Morgan fingerprint density at radius 1 is 1.32 bits per heavy atom. The van der Waals surface area contributed by atoms with Gasteiger partial charge in [0.25, 0.3) is 0 Å². The molecule has 0 aliphatic carbocycles. The zero-order chi connectivity index (χ0) is 17.8. The molecule has 0 saturated heterocycles. The number of aromatic amines is 1. The normalized spacial score (nSPS) is 11.1. The van der Waals surface area contributed by atoms with Crippen molar-refractivity contribution in [1.29, 1.82) is 0 Å². The standard InChI is InChI=1S/C17H20ClN5O2/c1-2-3-7-25-16-21-14(19)13-15(22-16)23(17(24)20-13)10-12-6-4-5-11(8-12)9-18/h4-6,8H,2-3,7,9-10H2,1H3,(H,20,24)(H2,19,21,22). The fraction of sp³-hybridized carbons (Fsp3) is 0.353. The molecule has 8 heteroatoms. The molecule has 0 radical (unpaired) electrons. The highest BCUT2D eigenvalue weighted by Gasteiger charge is 2.15. The number of nitrogens with one attached hydrogen (secondary N) is 1. The van der Waals surface area contributed by atoms with Gasteiger partial charge in [0.15, 0.2) is 11.5 Å². The quantitative estimate of drug-likeness (QED) is 0.498. The van der Waals surface area contributed by atoms with Gasteiger partial charge in [-0.3, -0.25) is 4.57 Å². The van der Waals surface area contributed by atoms with E-state index in [4.69, 9.17) is 22.1 Å². The molecule has 0 unspecified atom stereocenters. The van der Waals surface area contributed by atoms with Gasteiger partial charge in [0.2, 0.25) is 0 Å². The molecule has 0 fully saturated rings. The zero-order valence-electron chi connectivity index (χ0n) is 14.0. The lowest BCUT2D eigenvalue weighted by molar-refractivity contribution is 0.286. The number of imidazole rings is 1. The Labute approximate surface area is 149 Å². The van der Waals surface area contributed by atoms with E-state index in [2.05, 4.69) is 21.9 Å². The van der Waals surface area contributed by atoms with Crippen LogP contribution in [0, 0.1) is 0 Å². The van der Waals surface area contributed by atoms with Crippen LogP contribution >= 0.6 is 11.6 Å². The first-order valence-corrected chi connectivity index (χ1v) is 8.68. The number of nitrogens with two attached hydrogens (primary N) is 1. The number of alkyl halides is 1. The van der Waals surface area contributed by atoms with Crippen molar-refractivity contribution in [1.82, 2.24) is 19.5 Å². The van der Waals surface area contributed by atoms with Crippen molar-refractivity contribution in [3.63, 3.8) is 0 Å². The number of fused-ring (bicyclic) bond motifs is 1. The van der Waals surface area contributed by atoms with Gasteiger partial charge in [-0.15, -0.1) is 11.6 Å². The number of anilines is 1. The third-order valence-corrected chi connectivity index (χ3v) is 4.15. The summed E-state index contributed by atoms with van der Waals surface area (Å²) in [6.45, 7) is 2.93. The van der Waals surface area contributed by atoms with E-state index < -0.39 is 0 Å². The fourth-order valence-electron chi connectivity index (χ4n) is 2.54. The summed E-state index contributed by atoms with van der Waals surface area (Å²) in [6.07, 6.45) is 1.90. The number of rotatable bonds is 7. The smallest absolute Gasteiger partial charge is 0.328 e. The van der Waals surface area contributed by atoms with E-state index in [-0.39, 0.29) is 17.5 Å². The second kappa shape index (κ2) is 7.57. The van der Waals surface area contributed by atoms with E-state index in [0.29, 0.717) is 30.2 Å². The molecule has 0 atom stereocenters. The molecule has 0 aliphatic heterocycles. The largest absolute Gasteiger partial charge is 0.463 e. The van der Waals surface area contributed by atoms with Crippen molar-refractivity contribution in [2.75, 3.05) is 12.3 Å². The Morgan fingerprint density at radius 3 is 2.88 bits per heavy atom. The number of halogens is 1. The molecule has 0 aliphatic rings. The lowest BCUT2D eigenvalue weighted by atomic mass is 10.1. The minimum atomic E-state index is -0.294. The first kappa shape index (κ1) is 17.3. The average molecular weight is 362 g/mol. The molecule has 0 saturated carbocycles. The summed E-state index contributed by atoms with van der Waals surface area (Å²) >= 11 is 5.88. The van der Waals surface area contributed by atoms with Crippen LogP contribution in [-0.4, -0.2) is 26.1 Å². The molecule has 3 aromatic rings. The number of nitrogens with zero attached hydrogens (tertiary/aromatic N) is 3. The second-order valence-electron chi connectivity index (χ2n) is 5.76. The molecule has 2 aromatic heterocycles. The van der Waals surface area contributed by atoms with E-state index in [9.17, 15) is 4.79 Å². The van der Waals surface area contributed by atoms with Gasteiger partial charge in [-0.2, -0.15) is 9.97 Å². The average Bonchev–Trinajstić information content (AvgIpc) is 2.92. The summed E-state index contributed by atoms with van der Waals surface area (Å²) in [5, 5.41) is 0. The van der Waals surface area contributed by atoms with Crippen LogP contribution in [0.25, 0.3) is 11.2 Å². The summed E-state index contributed by atoms with van der Waals surface area (Å²) in [5.74, 6) is 0.614. The number of nitrogen functional groups attached to an aromatic ring is 1. The van der Waals surface area contributed by atoms with Crippen molar-refractivity contribution in [3.05, 3.63) is 45.9 Å². The van der Waals surface area contributed by atoms with E-state index in [1.54, 1.807) is 0 Å². The third-order valence-electron chi connectivity index (χ3n) is 3.85. The molecule has 3 rings (SSSR count). The van der Waals surface area contributed by atoms with Crippen molar-refractivity contribution < 1.29 is 4.74 Å². The molecule has 25 heavy (non-hydrogen) atoms. The van der Waals surface area contributed by atoms with Crippen molar-refractivity contribution in [3.8, 4) is 6.01 Å². The van der Waals surface area contributed by atoms with E-state index in [1.807, 2.05) is 24.3 Å². The first-order chi connectivity index (χ1) is 12.1. The Hall–Kier alpha value is -2.54. The van der Waals surface area contributed by atoms with Crippen LogP contribution in [0.1, 0.15) is 30.9 Å². The maximum Gasteiger partial charge on any atom is 0.328 e. The summed E-state index contributed by atoms with van der Waals surface area (Å²) < 4.78 is 7.06. The van der Waals surface area contributed by atoms with Crippen LogP contribution in [0.4, 0.5) is 5.82 Å². The molecule has 2 heterocycles. The van der Waals surface area contributed by atoms with E-state index in [1.165, 1.54) is 4.57 Å². The number of aromatic nitrogens is 4. The van der Waals surface area contributed by atoms with Crippen LogP contribution in [0.2, 0.25) is 0 Å². The topological polar surface area (TPSA) is 98.8 Å². The van der Waals surface area contributed by atoms with Crippen LogP contribution in [0.3, 0.4) is 0 Å². The molecule has 7 nitrogen and oxygen atoms in total. The molecule has 0 spiro atoms. The van der Waals surface area contributed by atoms with Gasteiger partial charge in [0.1, 0.15) is 5.52 Å². The van der Waals surface area contributed by atoms with Gasteiger partial charge < -0.3 is 15.5 Å². The van der Waals surface area contributed by atoms with Gasteiger partial charge in [-0.25, -0.2) is 4.79 Å². The van der Waals surface area contributed by atoms with Gasteiger partial charge in [-0.1, -0.05) is 37.6 Å². The molecule has 1 aromatic carbocycles. The van der Waals surface area contributed by atoms with Gasteiger partial charge in [0.05, 0.1) is 13.2 Å². The molecule has 132 valence electrons. The van der Waals surface area contributed by atoms with Crippen molar-refractivity contribution in [2.24, 2.45) is 0 Å². The monoisotopic (exact) mass is 361 g/mol. The SMILES string of the molecule is CCCCOc1nc(N)c2[nH]c(=O)n(Cc3cccc(CCl)c3)c2n1. The minimum absolute atomic E-state index is 0.181. The van der Waals surface area contributed by atoms with Gasteiger partial charge in [0, 0.05) is 5.88 Å². The van der Waals surface area contributed by atoms with Crippen LogP contribution in [0.15, 0.2) is 29.1 Å². The predicted molar refractivity (Wildman–Crippen MR) is 98.1 cm³/mol. The summed E-state index contributed by atoms with van der Waals surface area (Å²) in [6, 6.07) is 7.93. The molecule has 0 amide bonds. The zero-order valence-corrected chi connectivity index (χ0v) is 14.7. The first-order valence-electron chi connectivity index (χ1n) is 8.15. The number of H-pyrrole nitrogens is 1. The van der Waals surface area contributed by atoms with Crippen LogP contribution < -0.4 is 16.2 Å². The second-order valence-corrected chi connectivity index (χ2v) is 6.03. The maximum absolute atomic E-state index is 12.3. The maximum atomic E-state index is 12.3. The number of hydrogen-bond acceptors (Lipinski definition) is 5.